The number of piperidine rings is 1. The molecule has 0 spiro atoms. The molecule has 1 aromatic heterocycles. The van der Waals surface area contributed by atoms with Gasteiger partial charge in [0.2, 0.25) is 5.91 Å². The number of hydrogen-bond donors (Lipinski definition) is 3. The summed E-state index contributed by atoms with van der Waals surface area (Å²) in [7, 11) is 0. The summed E-state index contributed by atoms with van der Waals surface area (Å²) in [5, 5.41) is 9.35. The van der Waals surface area contributed by atoms with Crippen LogP contribution in [0.5, 0.6) is 0 Å². The van der Waals surface area contributed by atoms with Crippen LogP contribution in [0.15, 0.2) is 41.3 Å². The Labute approximate surface area is 212 Å². The molecule has 10 heteroatoms. The van der Waals surface area contributed by atoms with E-state index < -0.39 is 12.1 Å². The van der Waals surface area contributed by atoms with Gasteiger partial charge < -0.3 is 26.4 Å². The van der Waals surface area contributed by atoms with E-state index in [-0.39, 0.29) is 17.6 Å². The quantitative estimate of drug-likeness (QED) is 0.492. The van der Waals surface area contributed by atoms with E-state index in [4.69, 9.17) is 11.5 Å². The maximum Gasteiger partial charge on any atom is 0.354 e. The summed E-state index contributed by atoms with van der Waals surface area (Å²) in [6.45, 7) is 8.25. The summed E-state index contributed by atoms with van der Waals surface area (Å²) in [6, 6.07) is 10.2. The van der Waals surface area contributed by atoms with Gasteiger partial charge in [0.05, 0.1) is 12.3 Å². The van der Waals surface area contributed by atoms with E-state index in [1.807, 2.05) is 23.1 Å². The minimum atomic E-state index is -1.28. The fourth-order valence-electron chi connectivity index (χ4n) is 4.99. The van der Waals surface area contributed by atoms with E-state index in [2.05, 4.69) is 28.9 Å². The number of piperazine rings is 1. The van der Waals surface area contributed by atoms with Crippen molar-refractivity contribution >= 4 is 11.7 Å². The second-order valence-corrected chi connectivity index (χ2v) is 10.4. The van der Waals surface area contributed by atoms with Crippen molar-refractivity contribution < 1.29 is 9.90 Å². The first-order valence-electron chi connectivity index (χ1n) is 12.8. The number of nitrogens with two attached hydrogens (primary N) is 2. The monoisotopic (exact) mass is 497 g/mol. The molecule has 4 rings (SSSR count). The number of benzene rings is 1. The van der Waals surface area contributed by atoms with E-state index in [9.17, 15) is 14.7 Å². The zero-order valence-electron chi connectivity index (χ0n) is 21.3. The van der Waals surface area contributed by atoms with Crippen LogP contribution in [0, 0.1) is 5.92 Å². The summed E-state index contributed by atoms with van der Waals surface area (Å²) >= 11 is 0. The van der Waals surface area contributed by atoms with Crippen LogP contribution in [0.4, 0.5) is 5.82 Å². The number of amides is 1. The van der Waals surface area contributed by atoms with Gasteiger partial charge in [0.25, 0.3) is 0 Å². The maximum atomic E-state index is 12.8. The van der Waals surface area contributed by atoms with Crippen molar-refractivity contribution in [3.63, 3.8) is 0 Å². The topological polar surface area (TPSA) is 134 Å². The molecule has 2 aliphatic rings. The summed E-state index contributed by atoms with van der Waals surface area (Å²) in [5.41, 5.74) is 12.3. The van der Waals surface area contributed by atoms with Gasteiger partial charge in [-0.3, -0.25) is 14.3 Å². The first-order chi connectivity index (χ1) is 17.2. The number of aliphatic hydroxyl groups excluding tert-OH is 1. The maximum absolute atomic E-state index is 12.8. The van der Waals surface area contributed by atoms with Crippen LogP contribution in [-0.2, 0) is 11.3 Å². The van der Waals surface area contributed by atoms with Crippen LogP contribution in [0.1, 0.15) is 32.3 Å². The predicted octanol–water partition coefficient (Wildman–Crippen LogP) is 0.150. The van der Waals surface area contributed by atoms with Crippen LogP contribution < -0.4 is 22.1 Å². The molecule has 3 heterocycles. The van der Waals surface area contributed by atoms with Gasteiger partial charge in [0, 0.05) is 45.0 Å². The Bertz CT molecular complexity index is 1080. The van der Waals surface area contributed by atoms with Crippen LogP contribution in [0.3, 0.4) is 0 Å². The molecule has 2 unspecified atom stereocenters. The number of rotatable bonds is 7. The number of aromatic nitrogens is 2. The lowest BCUT2D eigenvalue weighted by molar-refractivity contribution is -0.138. The summed E-state index contributed by atoms with van der Waals surface area (Å²) in [4.78, 5) is 35.7. The van der Waals surface area contributed by atoms with Crippen LogP contribution >= 0.6 is 0 Å². The lowest BCUT2D eigenvalue weighted by Crippen LogP contribution is -2.60. The summed E-state index contributed by atoms with van der Waals surface area (Å²) in [6.07, 6.45) is 4.03. The highest BCUT2D eigenvalue weighted by Gasteiger charge is 2.34. The predicted molar refractivity (Wildman–Crippen MR) is 140 cm³/mol. The van der Waals surface area contributed by atoms with Gasteiger partial charge in [-0.2, -0.15) is 4.98 Å². The molecule has 0 aliphatic carbocycles. The molecule has 0 saturated carbocycles. The van der Waals surface area contributed by atoms with E-state index in [1.165, 1.54) is 12.5 Å². The van der Waals surface area contributed by atoms with Crippen molar-refractivity contribution in [1.29, 1.82) is 0 Å². The lowest BCUT2D eigenvalue weighted by Gasteiger charge is -2.38. The molecule has 2 saturated heterocycles. The number of nitrogens with zero attached hydrogens (tertiary/aromatic N) is 5. The molecule has 2 aromatic rings. The molecule has 1 amide bonds. The summed E-state index contributed by atoms with van der Waals surface area (Å²) < 4.78 is 1.54. The fourth-order valence-corrected chi connectivity index (χ4v) is 4.99. The smallest absolute Gasteiger partial charge is 0.354 e. The third-order valence-electron chi connectivity index (χ3n) is 7.49. The lowest BCUT2D eigenvalue weighted by atomic mass is 9.91. The first kappa shape index (κ1) is 26.3. The second-order valence-electron chi connectivity index (χ2n) is 10.4. The number of carbonyl (C=O) groups excluding carboxylic acids is 1. The van der Waals surface area contributed by atoms with Gasteiger partial charge in [-0.15, -0.1) is 0 Å². The van der Waals surface area contributed by atoms with Crippen molar-refractivity contribution in [3.05, 3.63) is 52.6 Å². The van der Waals surface area contributed by atoms with Crippen LogP contribution in [0.25, 0.3) is 5.69 Å². The highest BCUT2D eigenvalue weighted by molar-refractivity contribution is 5.86. The molecule has 2 atom stereocenters. The van der Waals surface area contributed by atoms with Gasteiger partial charge in [0.1, 0.15) is 11.4 Å². The standard InChI is InChI=1S/C26H39N7O3/c1-19(27)21-7-10-30(11-8-21)17-20-3-5-22(6-4-20)33-12-9-23(29-25(33)36)31-13-15-32(16-14-31)24(35)26(2,28)18-34/h3-6,9,12,19,21,34H,7-8,10-11,13-18,27-28H2,1-2H3. The largest absolute Gasteiger partial charge is 0.394 e. The minimum absolute atomic E-state index is 0.262. The molecule has 0 radical (unpaired) electrons. The van der Waals surface area contributed by atoms with E-state index in [0.717, 1.165) is 38.2 Å². The molecule has 0 bridgehead atoms. The molecule has 2 aliphatic heterocycles. The van der Waals surface area contributed by atoms with Gasteiger partial charge >= 0.3 is 5.69 Å². The van der Waals surface area contributed by atoms with E-state index in [1.54, 1.807) is 15.7 Å². The van der Waals surface area contributed by atoms with Crippen molar-refractivity contribution in [2.45, 2.75) is 44.8 Å². The van der Waals surface area contributed by atoms with Crippen LogP contribution in [-0.4, -0.2) is 87.8 Å². The Balaban J connectivity index is 1.34. The first-order valence-corrected chi connectivity index (χ1v) is 12.8. The van der Waals surface area contributed by atoms with Crippen molar-refractivity contribution in [3.8, 4) is 5.69 Å². The van der Waals surface area contributed by atoms with E-state index in [0.29, 0.717) is 37.9 Å². The third kappa shape index (κ3) is 5.95. The van der Waals surface area contributed by atoms with Crippen molar-refractivity contribution in [2.75, 3.05) is 50.8 Å². The number of anilines is 1. The average Bonchev–Trinajstić information content (AvgIpc) is 2.89. The van der Waals surface area contributed by atoms with Gasteiger partial charge in [-0.1, -0.05) is 12.1 Å². The van der Waals surface area contributed by atoms with Crippen LogP contribution in [0.2, 0.25) is 0 Å². The number of likely N-dealkylation sites (tertiary alicyclic amines) is 1. The molecular formula is C26H39N7O3. The zero-order chi connectivity index (χ0) is 25.9. The van der Waals surface area contributed by atoms with Gasteiger partial charge in [-0.05, 0) is 69.5 Å². The molecular weight excluding hydrogens is 458 g/mol. The molecule has 196 valence electrons. The number of hydrogen-bond acceptors (Lipinski definition) is 8. The molecule has 10 nitrogen and oxygen atoms in total. The highest BCUT2D eigenvalue weighted by atomic mass is 16.3. The molecule has 5 N–H and O–H groups in total. The SMILES string of the molecule is CC(N)C1CCN(Cc2ccc(-n3ccc(N4CCN(C(=O)C(C)(N)CO)CC4)nc3=O)cc2)CC1. The highest BCUT2D eigenvalue weighted by Crippen LogP contribution is 2.21. The zero-order valence-corrected chi connectivity index (χ0v) is 21.3. The second kappa shape index (κ2) is 11.1. The Morgan fingerprint density at radius 2 is 1.75 bits per heavy atom. The molecule has 1 aromatic carbocycles. The molecule has 36 heavy (non-hydrogen) atoms. The Hall–Kier alpha value is -2.79. The normalized spacial score (nSPS) is 20.2. The Kier molecular flexibility index (Phi) is 8.09. The third-order valence-corrected chi connectivity index (χ3v) is 7.49. The summed E-state index contributed by atoms with van der Waals surface area (Å²) in [5.74, 6) is 0.935. The Morgan fingerprint density at radius 3 is 2.31 bits per heavy atom. The fraction of sp³-hybridized carbons (Fsp3) is 0.577. The van der Waals surface area contributed by atoms with Crippen molar-refractivity contribution in [2.24, 2.45) is 17.4 Å². The van der Waals surface area contributed by atoms with Gasteiger partial charge in [-0.25, -0.2) is 4.79 Å². The Morgan fingerprint density at radius 1 is 1.11 bits per heavy atom. The number of carbonyl (C=O) groups is 1. The minimum Gasteiger partial charge on any atom is -0.394 e. The number of aliphatic hydroxyl groups is 1. The van der Waals surface area contributed by atoms with Gasteiger partial charge in [0.15, 0.2) is 0 Å². The van der Waals surface area contributed by atoms with E-state index >= 15 is 0 Å². The van der Waals surface area contributed by atoms with Crippen molar-refractivity contribution in [1.82, 2.24) is 19.4 Å². The molecule has 2 fully saturated rings. The average molecular weight is 498 g/mol.